The summed E-state index contributed by atoms with van der Waals surface area (Å²) in [7, 11) is -3.91. The molecule has 0 unspecified atom stereocenters. The van der Waals surface area contributed by atoms with Gasteiger partial charge in [-0.25, -0.2) is 22.5 Å². The smallest absolute Gasteiger partial charge is 0.243 e. The van der Waals surface area contributed by atoms with Gasteiger partial charge in [-0.3, -0.25) is 0 Å². The van der Waals surface area contributed by atoms with E-state index in [9.17, 15) is 12.8 Å². The molecule has 4 N–H and O–H groups in total. The van der Waals surface area contributed by atoms with Gasteiger partial charge in [-0.1, -0.05) is 0 Å². The maximum absolute atomic E-state index is 13.5. The largest absolute Gasteiger partial charge is 0.399 e. The zero-order valence-corrected chi connectivity index (χ0v) is 10.0. The zero-order chi connectivity index (χ0) is 13.2. The van der Waals surface area contributed by atoms with E-state index in [2.05, 4.69) is 14.7 Å². The van der Waals surface area contributed by atoms with Crippen LogP contribution in [-0.4, -0.2) is 18.4 Å². The summed E-state index contributed by atoms with van der Waals surface area (Å²) in [5.74, 6) is -0.882. The molecule has 2 aromatic rings. The molecule has 96 valence electrons. The molecular formula is C10H11FN4O2S. The minimum Gasteiger partial charge on any atom is -0.399 e. The highest BCUT2D eigenvalue weighted by Crippen LogP contribution is 2.17. The molecule has 0 aliphatic heterocycles. The van der Waals surface area contributed by atoms with E-state index in [4.69, 9.17) is 5.73 Å². The van der Waals surface area contributed by atoms with Crippen LogP contribution >= 0.6 is 0 Å². The van der Waals surface area contributed by atoms with Crippen molar-refractivity contribution in [2.75, 3.05) is 5.73 Å². The Bertz CT molecular complexity index is 640. The third-order valence-corrected chi connectivity index (χ3v) is 3.69. The number of nitrogens with zero attached hydrogens (tertiary/aromatic N) is 1. The molecule has 1 heterocycles. The summed E-state index contributed by atoms with van der Waals surface area (Å²) in [6, 6.07) is 3.42. The molecule has 1 aromatic heterocycles. The monoisotopic (exact) mass is 270 g/mol. The molecule has 0 aliphatic carbocycles. The standard InChI is InChI=1S/C10H11FN4O2S/c11-9-3-7(12)1-2-10(9)18(16,17)15-5-8-4-13-6-14-8/h1-4,6,15H,5,12H2,(H,13,14). The Morgan fingerprint density at radius 2 is 2.22 bits per heavy atom. The first-order valence-corrected chi connectivity index (χ1v) is 6.49. The van der Waals surface area contributed by atoms with E-state index in [0.717, 1.165) is 12.1 Å². The van der Waals surface area contributed by atoms with Crippen molar-refractivity contribution in [1.82, 2.24) is 14.7 Å². The van der Waals surface area contributed by atoms with Crippen LogP contribution < -0.4 is 10.5 Å². The number of imidazole rings is 1. The number of rotatable bonds is 4. The van der Waals surface area contributed by atoms with Gasteiger partial charge in [-0.2, -0.15) is 0 Å². The van der Waals surface area contributed by atoms with Gasteiger partial charge in [0.2, 0.25) is 10.0 Å². The second-order valence-corrected chi connectivity index (χ2v) is 5.33. The maximum Gasteiger partial charge on any atom is 0.243 e. The Balaban J connectivity index is 2.20. The molecule has 0 fully saturated rings. The average molecular weight is 270 g/mol. The number of aromatic nitrogens is 2. The molecule has 0 amide bonds. The third-order valence-electron chi connectivity index (χ3n) is 2.25. The Kier molecular flexibility index (Phi) is 3.30. The summed E-state index contributed by atoms with van der Waals surface area (Å²) < 4.78 is 39.4. The van der Waals surface area contributed by atoms with Gasteiger partial charge < -0.3 is 10.7 Å². The van der Waals surface area contributed by atoms with Crippen molar-refractivity contribution >= 4 is 15.7 Å². The molecule has 6 nitrogen and oxygen atoms in total. The number of benzene rings is 1. The number of H-pyrrole nitrogens is 1. The van der Waals surface area contributed by atoms with Crippen molar-refractivity contribution in [3.8, 4) is 0 Å². The number of nitrogen functional groups attached to an aromatic ring is 1. The molecule has 0 radical (unpaired) electrons. The van der Waals surface area contributed by atoms with Crippen LogP contribution in [0.3, 0.4) is 0 Å². The van der Waals surface area contributed by atoms with Gasteiger partial charge >= 0.3 is 0 Å². The molecule has 0 aliphatic rings. The number of hydrogen-bond donors (Lipinski definition) is 3. The Labute approximate surface area is 103 Å². The van der Waals surface area contributed by atoms with Gasteiger partial charge in [0, 0.05) is 17.6 Å². The van der Waals surface area contributed by atoms with Crippen molar-refractivity contribution in [2.24, 2.45) is 0 Å². The topological polar surface area (TPSA) is 101 Å². The molecule has 0 saturated heterocycles. The van der Waals surface area contributed by atoms with Crippen LogP contribution in [-0.2, 0) is 16.6 Å². The van der Waals surface area contributed by atoms with Crippen LogP contribution in [0, 0.1) is 5.82 Å². The van der Waals surface area contributed by atoms with Crippen LogP contribution in [0.5, 0.6) is 0 Å². The van der Waals surface area contributed by atoms with Crippen molar-refractivity contribution in [3.63, 3.8) is 0 Å². The SMILES string of the molecule is Nc1ccc(S(=O)(=O)NCc2cnc[nH]2)c(F)c1. The average Bonchev–Trinajstić information content (AvgIpc) is 2.78. The Morgan fingerprint density at radius 1 is 1.44 bits per heavy atom. The lowest BCUT2D eigenvalue weighted by molar-refractivity contribution is 0.556. The first kappa shape index (κ1) is 12.5. The maximum atomic E-state index is 13.5. The van der Waals surface area contributed by atoms with Crippen LogP contribution in [0.4, 0.5) is 10.1 Å². The molecule has 1 aromatic carbocycles. The van der Waals surface area contributed by atoms with Crippen LogP contribution in [0.1, 0.15) is 5.69 Å². The Morgan fingerprint density at radius 3 is 2.83 bits per heavy atom. The number of nitrogens with two attached hydrogens (primary N) is 1. The van der Waals surface area contributed by atoms with E-state index in [1.54, 1.807) is 0 Å². The minimum absolute atomic E-state index is 0.00610. The summed E-state index contributed by atoms with van der Waals surface area (Å²) >= 11 is 0. The molecular weight excluding hydrogens is 259 g/mol. The summed E-state index contributed by atoms with van der Waals surface area (Å²) in [6.45, 7) is 0.00610. The second kappa shape index (κ2) is 4.75. The molecule has 0 spiro atoms. The van der Waals surface area contributed by atoms with E-state index in [0.29, 0.717) is 5.69 Å². The Hall–Kier alpha value is -1.93. The predicted molar refractivity (Wildman–Crippen MR) is 63.4 cm³/mol. The van der Waals surface area contributed by atoms with Gasteiger partial charge in [0.1, 0.15) is 10.7 Å². The summed E-state index contributed by atoms with van der Waals surface area (Å²) in [4.78, 5) is 6.04. The highest BCUT2D eigenvalue weighted by atomic mass is 32.2. The fourth-order valence-corrected chi connectivity index (χ4v) is 2.43. The molecule has 0 atom stereocenters. The number of nitrogens with one attached hydrogen (secondary N) is 2. The van der Waals surface area contributed by atoms with Crippen LogP contribution in [0.15, 0.2) is 35.6 Å². The van der Waals surface area contributed by atoms with E-state index < -0.39 is 20.7 Å². The van der Waals surface area contributed by atoms with E-state index in [1.165, 1.54) is 18.6 Å². The zero-order valence-electron chi connectivity index (χ0n) is 9.22. The van der Waals surface area contributed by atoms with E-state index in [-0.39, 0.29) is 12.2 Å². The predicted octanol–water partition coefficient (Wildman–Crippen LogP) is 0.609. The second-order valence-electron chi connectivity index (χ2n) is 3.59. The van der Waals surface area contributed by atoms with Gasteiger partial charge in [-0.15, -0.1) is 0 Å². The fourth-order valence-electron chi connectivity index (χ4n) is 1.37. The first-order valence-electron chi connectivity index (χ1n) is 5.01. The third kappa shape index (κ3) is 2.66. The molecule has 0 bridgehead atoms. The van der Waals surface area contributed by atoms with Crippen molar-refractivity contribution in [2.45, 2.75) is 11.4 Å². The lowest BCUT2D eigenvalue weighted by Gasteiger charge is -2.07. The first-order chi connectivity index (χ1) is 8.49. The number of sulfonamides is 1. The lowest BCUT2D eigenvalue weighted by atomic mass is 10.3. The molecule has 2 rings (SSSR count). The summed E-state index contributed by atoms with van der Waals surface area (Å²) in [6.07, 6.45) is 2.90. The lowest BCUT2D eigenvalue weighted by Crippen LogP contribution is -2.24. The van der Waals surface area contributed by atoms with Crippen LogP contribution in [0.2, 0.25) is 0 Å². The quantitative estimate of drug-likeness (QED) is 0.708. The van der Waals surface area contributed by atoms with E-state index in [1.807, 2.05) is 0 Å². The number of aromatic amines is 1. The molecule has 0 saturated carbocycles. The van der Waals surface area contributed by atoms with Crippen LogP contribution in [0.25, 0.3) is 0 Å². The van der Waals surface area contributed by atoms with Crippen molar-refractivity contribution < 1.29 is 12.8 Å². The number of halogens is 1. The molecule has 8 heteroatoms. The van der Waals surface area contributed by atoms with Gasteiger partial charge in [-0.05, 0) is 18.2 Å². The summed E-state index contributed by atoms with van der Waals surface area (Å²) in [5.41, 5.74) is 6.10. The minimum atomic E-state index is -3.91. The van der Waals surface area contributed by atoms with E-state index >= 15 is 0 Å². The summed E-state index contributed by atoms with van der Waals surface area (Å²) in [5, 5.41) is 0. The number of hydrogen-bond acceptors (Lipinski definition) is 4. The normalized spacial score (nSPS) is 11.6. The molecule has 18 heavy (non-hydrogen) atoms. The van der Waals surface area contributed by atoms with Gasteiger partial charge in [0.25, 0.3) is 0 Å². The number of anilines is 1. The van der Waals surface area contributed by atoms with Gasteiger partial charge in [0.05, 0.1) is 12.9 Å². The highest BCUT2D eigenvalue weighted by Gasteiger charge is 2.18. The van der Waals surface area contributed by atoms with Crippen molar-refractivity contribution in [3.05, 3.63) is 42.2 Å². The van der Waals surface area contributed by atoms with Gasteiger partial charge in [0.15, 0.2) is 0 Å². The fraction of sp³-hybridized carbons (Fsp3) is 0.100. The highest BCUT2D eigenvalue weighted by molar-refractivity contribution is 7.89. The van der Waals surface area contributed by atoms with Crippen molar-refractivity contribution in [1.29, 1.82) is 0 Å².